The van der Waals surface area contributed by atoms with Crippen molar-refractivity contribution in [2.24, 2.45) is 4.99 Å². The molecule has 0 aliphatic rings. The summed E-state index contributed by atoms with van der Waals surface area (Å²) >= 11 is 0.957. The molecule has 0 fully saturated rings. The lowest BCUT2D eigenvalue weighted by Crippen LogP contribution is -2.38. The minimum Gasteiger partial charge on any atom is -0.375 e. The van der Waals surface area contributed by atoms with E-state index in [0.717, 1.165) is 22.3 Å². The fourth-order valence-corrected chi connectivity index (χ4v) is 2.65. The van der Waals surface area contributed by atoms with E-state index in [1.165, 1.54) is 0 Å². The highest BCUT2D eigenvalue weighted by molar-refractivity contribution is 7.09. The highest BCUT2D eigenvalue weighted by Crippen LogP contribution is 2.29. The summed E-state index contributed by atoms with van der Waals surface area (Å²) in [5, 5.41) is 7.30. The van der Waals surface area contributed by atoms with E-state index in [1.807, 2.05) is 30.3 Å². The average Bonchev–Trinajstić information content (AvgIpc) is 3.07. The second kappa shape index (κ2) is 9.38. The minimum atomic E-state index is -4.41. The summed E-state index contributed by atoms with van der Waals surface area (Å²) in [6.07, 6.45) is -4.41. The molecule has 2 N–H and O–H groups in total. The van der Waals surface area contributed by atoms with Gasteiger partial charge in [-0.05, 0) is 5.56 Å². The Balaban J connectivity index is 1.66. The SMILES string of the molecule is CN=C(NCCOCc1ccccc1)NCc1nc(C(F)(F)F)cs1. The first-order valence-electron chi connectivity index (χ1n) is 7.57. The molecule has 0 unspecified atom stereocenters. The standard InChI is InChI=1S/C16H19F3N4OS/c1-20-15(21-7-8-24-10-12-5-3-2-4-6-12)22-9-14-23-13(11-25-14)16(17,18)19/h2-6,11H,7-10H2,1H3,(H2,20,21,22). The predicted octanol–water partition coefficient (Wildman–Crippen LogP) is 3.04. The van der Waals surface area contributed by atoms with Gasteiger partial charge in [-0.3, -0.25) is 4.99 Å². The van der Waals surface area contributed by atoms with Gasteiger partial charge in [-0.1, -0.05) is 30.3 Å². The highest BCUT2D eigenvalue weighted by atomic mass is 32.1. The van der Waals surface area contributed by atoms with Crippen molar-refractivity contribution in [1.29, 1.82) is 0 Å². The van der Waals surface area contributed by atoms with Crippen LogP contribution in [0, 0.1) is 0 Å². The number of alkyl halides is 3. The molecule has 0 aliphatic heterocycles. The maximum atomic E-state index is 12.5. The molecule has 0 bridgehead atoms. The Hall–Kier alpha value is -2.13. The Morgan fingerprint density at radius 1 is 1.24 bits per heavy atom. The molecule has 0 atom stereocenters. The van der Waals surface area contributed by atoms with Crippen LogP contribution in [0.4, 0.5) is 13.2 Å². The third kappa shape index (κ3) is 6.71. The van der Waals surface area contributed by atoms with Gasteiger partial charge in [0.05, 0.1) is 19.8 Å². The van der Waals surface area contributed by atoms with Crippen LogP contribution in [0.2, 0.25) is 0 Å². The fraction of sp³-hybridized carbons (Fsp3) is 0.375. The van der Waals surface area contributed by atoms with Crippen LogP contribution in [0.25, 0.3) is 0 Å². The van der Waals surface area contributed by atoms with E-state index in [4.69, 9.17) is 4.74 Å². The molecular weight excluding hydrogens is 353 g/mol. The van der Waals surface area contributed by atoms with Gasteiger partial charge in [-0.25, -0.2) is 4.98 Å². The second-order valence-corrected chi connectivity index (χ2v) is 5.96. The molecule has 0 amide bonds. The number of hydrogen-bond donors (Lipinski definition) is 2. The lowest BCUT2D eigenvalue weighted by atomic mass is 10.2. The third-order valence-electron chi connectivity index (χ3n) is 3.12. The van der Waals surface area contributed by atoms with Gasteiger partial charge >= 0.3 is 6.18 Å². The Bertz CT molecular complexity index is 674. The van der Waals surface area contributed by atoms with Crippen molar-refractivity contribution < 1.29 is 17.9 Å². The molecule has 0 radical (unpaired) electrons. The van der Waals surface area contributed by atoms with Crippen LogP contribution in [0.5, 0.6) is 0 Å². The zero-order chi connectivity index (χ0) is 18.1. The number of ether oxygens (including phenoxy) is 1. The zero-order valence-corrected chi connectivity index (χ0v) is 14.5. The largest absolute Gasteiger partial charge is 0.434 e. The fourth-order valence-electron chi connectivity index (χ4n) is 1.91. The molecule has 9 heteroatoms. The summed E-state index contributed by atoms with van der Waals surface area (Å²) in [6, 6.07) is 9.81. The number of halogens is 3. The number of benzene rings is 1. The lowest BCUT2D eigenvalue weighted by Gasteiger charge is -2.11. The summed E-state index contributed by atoms with van der Waals surface area (Å²) in [4.78, 5) is 7.56. The smallest absolute Gasteiger partial charge is 0.375 e. The quantitative estimate of drug-likeness (QED) is 0.446. The normalized spacial score (nSPS) is 12.2. The third-order valence-corrected chi connectivity index (χ3v) is 3.97. The van der Waals surface area contributed by atoms with E-state index < -0.39 is 11.9 Å². The molecule has 1 aromatic carbocycles. The Morgan fingerprint density at radius 3 is 2.64 bits per heavy atom. The maximum Gasteiger partial charge on any atom is 0.434 e. The van der Waals surface area contributed by atoms with Crippen molar-refractivity contribution in [1.82, 2.24) is 15.6 Å². The summed E-state index contributed by atoms with van der Waals surface area (Å²) in [6.45, 7) is 1.70. The van der Waals surface area contributed by atoms with Gasteiger partial charge in [0.2, 0.25) is 0 Å². The van der Waals surface area contributed by atoms with Gasteiger partial charge in [0, 0.05) is 19.0 Å². The zero-order valence-electron chi connectivity index (χ0n) is 13.6. The van der Waals surface area contributed by atoms with Crippen molar-refractivity contribution in [3.63, 3.8) is 0 Å². The van der Waals surface area contributed by atoms with Gasteiger partial charge in [-0.2, -0.15) is 13.2 Å². The van der Waals surface area contributed by atoms with Crippen LogP contribution >= 0.6 is 11.3 Å². The van der Waals surface area contributed by atoms with Crippen molar-refractivity contribution in [3.05, 3.63) is 52.0 Å². The van der Waals surface area contributed by atoms with Crippen LogP contribution in [0.15, 0.2) is 40.7 Å². The number of guanidine groups is 1. The lowest BCUT2D eigenvalue weighted by molar-refractivity contribution is -0.140. The van der Waals surface area contributed by atoms with Crippen LogP contribution < -0.4 is 10.6 Å². The molecule has 5 nitrogen and oxygen atoms in total. The second-order valence-electron chi connectivity index (χ2n) is 5.01. The van der Waals surface area contributed by atoms with Gasteiger partial charge < -0.3 is 15.4 Å². The van der Waals surface area contributed by atoms with Crippen molar-refractivity contribution >= 4 is 17.3 Å². The molecule has 2 rings (SSSR count). The number of rotatable bonds is 7. The summed E-state index contributed by atoms with van der Waals surface area (Å²) in [5.41, 5.74) is 0.223. The molecule has 1 aromatic heterocycles. The Morgan fingerprint density at radius 2 is 2.00 bits per heavy atom. The Labute approximate surface area is 148 Å². The molecule has 25 heavy (non-hydrogen) atoms. The van der Waals surface area contributed by atoms with E-state index in [1.54, 1.807) is 7.05 Å². The van der Waals surface area contributed by atoms with E-state index in [-0.39, 0.29) is 6.54 Å². The van der Waals surface area contributed by atoms with Crippen LogP contribution in [-0.2, 0) is 24.1 Å². The minimum absolute atomic E-state index is 0.172. The van der Waals surface area contributed by atoms with Crippen molar-refractivity contribution in [3.8, 4) is 0 Å². The topological polar surface area (TPSA) is 58.5 Å². The summed E-state index contributed by atoms with van der Waals surface area (Å²) < 4.78 is 43.0. The van der Waals surface area contributed by atoms with E-state index in [9.17, 15) is 13.2 Å². The first-order valence-corrected chi connectivity index (χ1v) is 8.45. The number of nitrogens with zero attached hydrogens (tertiary/aromatic N) is 2. The van der Waals surface area contributed by atoms with Crippen LogP contribution in [-0.4, -0.2) is 31.1 Å². The van der Waals surface area contributed by atoms with Gasteiger partial charge in [0.1, 0.15) is 5.01 Å². The number of aliphatic imine (C=N–C) groups is 1. The van der Waals surface area contributed by atoms with Gasteiger partial charge in [-0.15, -0.1) is 11.3 Å². The predicted molar refractivity (Wildman–Crippen MR) is 91.4 cm³/mol. The molecule has 0 saturated heterocycles. The maximum absolute atomic E-state index is 12.5. The Kier molecular flexibility index (Phi) is 7.20. The van der Waals surface area contributed by atoms with E-state index in [0.29, 0.717) is 30.7 Å². The first-order chi connectivity index (χ1) is 12.0. The molecule has 0 aliphatic carbocycles. The van der Waals surface area contributed by atoms with Gasteiger partial charge in [0.15, 0.2) is 11.7 Å². The van der Waals surface area contributed by atoms with Crippen LogP contribution in [0.3, 0.4) is 0 Å². The number of hydrogen-bond acceptors (Lipinski definition) is 4. The molecule has 2 aromatic rings. The van der Waals surface area contributed by atoms with E-state index >= 15 is 0 Å². The molecule has 0 saturated carbocycles. The molecule has 1 heterocycles. The van der Waals surface area contributed by atoms with E-state index in [2.05, 4.69) is 20.6 Å². The van der Waals surface area contributed by atoms with Gasteiger partial charge in [0.25, 0.3) is 0 Å². The van der Waals surface area contributed by atoms with Crippen LogP contribution in [0.1, 0.15) is 16.3 Å². The number of thiazole rings is 1. The first kappa shape index (κ1) is 19.2. The van der Waals surface area contributed by atoms with Crippen molar-refractivity contribution in [2.45, 2.75) is 19.3 Å². The number of nitrogens with one attached hydrogen (secondary N) is 2. The number of aromatic nitrogens is 1. The van der Waals surface area contributed by atoms with Crippen molar-refractivity contribution in [2.75, 3.05) is 20.2 Å². The molecular formula is C16H19F3N4OS. The highest BCUT2D eigenvalue weighted by Gasteiger charge is 2.33. The average molecular weight is 372 g/mol. The summed E-state index contributed by atoms with van der Waals surface area (Å²) in [7, 11) is 1.59. The molecule has 0 spiro atoms. The summed E-state index contributed by atoms with van der Waals surface area (Å²) in [5.74, 6) is 0.479. The monoisotopic (exact) mass is 372 g/mol. The molecule has 136 valence electrons.